The molecule has 0 bridgehead atoms. The molecule has 4 nitrogen and oxygen atoms in total. The average molecular weight is 306 g/mol. The smallest absolute Gasteiger partial charge is 0.255 e. The maximum atomic E-state index is 11.9. The van der Waals surface area contributed by atoms with Crippen LogP contribution in [-0.4, -0.2) is 17.1 Å². The molecule has 2 heterocycles. The van der Waals surface area contributed by atoms with Gasteiger partial charge in [0.15, 0.2) is 5.16 Å². The maximum Gasteiger partial charge on any atom is 0.255 e. The molecule has 1 aromatic heterocycles. The molecule has 0 amide bonds. The van der Waals surface area contributed by atoms with Gasteiger partial charge in [-0.1, -0.05) is 23.9 Å². The van der Waals surface area contributed by atoms with Crippen molar-refractivity contribution in [1.29, 1.82) is 0 Å². The Hall–Kier alpha value is -1.40. The number of rotatable bonds is 4. The fourth-order valence-electron chi connectivity index (χ4n) is 1.98. The number of H-pyrrole nitrogens is 1. The van der Waals surface area contributed by atoms with E-state index >= 15 is 0 Å². The van der Waals surface area contributed by atoms with Gasteiger partial charge in [0.2, 0.25) is 0 Å². The first kappa shape index (κ1) is 13.6. The van der Waals surface area contributed by atoms with Crippen molar-refractivity contribution in [2.75, 3.05) is 7.11 Å². The van der Waals surface area contributed by atoms with E-state index in [1.807, 2.05) is 24.3 Å². The van der Waals surface area contributed by atoms with Gasteiger partial charge in [-0.25, -0.2) is 4.98 Å². The number of hydrogen-bond acceptors (Lipinski definition) is 5. The Kier molecular flexibility index (Phi) is 4.03. The molecule has 6 heteroatoms. The first-order valence-electron chi connectivity index (χ1n) is 6.22. The molecule has 1 aliphatic rings. The molecule has 0 spiro atoms. The first-order valence-corrected chi connectivity index (χ1v) is 8.36. The van der Waals surface area contributed by atoms with E-state index in [2.05, 4.69) is 9.97 Å². The van der Waals surface area contributed by atoms with E-state index in [1.165, 1.54) is 5.56 Å². The first-order chi connectivity index (χ1) is 9.76. The number of hydrogen-bond donors (Lipinski definition) is 1. The maximum absolute atomic E-state index is 11.9. The SMILES string of the molecule is COc1ccc(CSc2nc3c(c(=O)[nH]2)CSC3)cc1. The zero-order chi connectivity index (χ0) is 13.9. The number of aromatic amines is 1. The molecule has 2 aromatic rings. The van der Waals surface area contributed by atoms with E-state index in [1.54, 1.807) is 30.6 Å². The highest BCUT2D eigenvalue weighted by Gasteiger charge is 2.17. The summed E-state index contributed by atoms with van der Waals surface area (Å²) in [4.78, 5) is 19.3. The van der Waals surface area contributed by atoms with Crippen molar-refractivity contribution in [3.05, 3.63) is 51.4 Å². The van der Waals surface area contributed by atoms with Gasteiger partial charge in [-0.15, -0.1) is 0 Å². The van der Waals surface area contributed by atoms with Gasteiger partial charge in [-0.05, 0) is 17.7 Å². The zero-order valence-corrected chi connectivity index (χ0v) is 12.6. The third-order valence-corrected chi connectivity index (χ3v) is 5.01. The van der Waals surface area contributed by atoms with E-state index in [0.717, 1.165) is 34.3 Å². The molecule has 1 aliphatic heterocycles. The van der Waals surface area contributed by atoms with Gasteiger partial charge in [-0.2, -0.15) is 11.8 Å². The molecule has 0 radical (unpaired) electrons. The number of nitrogens with zero attached hydrogens (tertiary/aromatic N) is 1. The number of nitrogens with one attached hydrogen (secondary N) is 1. The van der Waals surface area contributed by atoms with Crippen LogP contribution in [0.5, 0.6) is 5.75 Å². The van der Waals surface area contributed by atoms with Crippen molar-refractivity contribution in [2.24, 2.45) is 0 Å². The quantitative estimate of drug-likeness (QED) is 0.695. The predicted octanol–water partition coefficient (Wildman–Crippen LogP) is 2.82. The largest absolute Gasteiger partial charge is 0.497 e. The number of aromatic nitrogens is 2. The Morgan fingerprint density at radius 3 is 2.90 bits per heavy atom. The van der Waals surface area contributed by atoms with Gasteiger partial charge >= 0.3 is 0 Å². The molecule has 1 N–H and O–H groups in total. The van der Waals surface area contributed by atoms with Crippen LogP contribution in [0.4, 0.5) is 0 Å². The summed E-state index contributed by atoms with van der Waals surface area (Å²) >= 11 is 3.29. The Balaban J connectivity index is 1.72. The Labute approximate surface area is 125 Å². The van der Waals surface area contributed by atoms with E-state index < -0.39 is 0 Å². The summed E-state index contributed by atoms with van der Waals surface area (Å²) in [5, 5.41) is 0.701. The Bertz CT molecular complexity index is 668. The van der Waals surface area contributed by atoms with Gasteiger partial charge in [0, 0.05) is 22.8 Å². The zero-order valence-electron chi connectivity index (χ0n) is 11.0. The lowest BCUT2D eigenvalue weighted by atomic mass is 10.2. The summed E-state index contributed by atoms with van der Waals surface area (Å²) in [5.74, 6) is 3.25. The van der Waals surface area contributed by atoms with Crippen LogP contribution in [0.3, 0.4) is 0 Å². The summed E-state index contributed by atoms with van der Waals surface area (Å²) in [6.07, 6.45) is 0. The van der Waals surface area contributed by atoms with Crippen LogP contribution < -0.4 is 10.3 Å². The highest BCUT2D eigenvalue weighted by Crippen LogP contribution is 2.27. The summed E-state index contributed by atoms with van der Waals surface area (Å²) < 4.78 is 5.13. The minimum Gasteiger partial charge on any atom is -0.497 e. The van der Waals surface area contributed by atoms with Crippen molar-refractivity contribution in [2.45, 2.75) is 22.4 Å². The predicted molar refractivity (Wildman–Crippen MR) is 82.4 cm³/mol. The molecule has 0 atom stereocenters. The number of methoxy groups -OCH3 is 1. The van der Waals surface area contributed by atoms with Crippen molar-refractivity contribution < 1.29 is 4.74 Å². The van der Waals surface area contributed by atoms with Crippen LogP contribution in [0.25, 0.3) is 0 Å². The van der Waals surface area contributed by atoms with Crippen molar-refractivity contribution in [3.8, 4) is 5.75 Å². The Morgan fingerprint density at radius 1 is 1.35 bits per heavy atom. The minimum absolute atomic E-state index is 0.0113. The third-order valence-electron chi connectivity index (χ3n) is 3.10. The van der Waals surface area contributed by atoms with Crippen LogP contribution in [-0.2, 0) is 17.3 Å². The summed E-state index contributed by atoms with van der Waals surface area (Å²) in [6.45, 7) is 0. The second kappa shape index (κ2) is 5.93. The van der Waals surface area contributed by atoms with Crippen LogP contribution in [0.2, 0.25) is 0 Å². The van der Waals surface area contributed by atoms with Crippen LogP contribution >= 0.6 is 23.5 Å². The normalized spacial score (nSPS) is 13.2. The molecular formula is C14H14N2O2S2. The molecule has 0 saturated heterocycles. The number of fused-ring (bicyclic) bond motifs is 1. The Morgan fingerprint density at radius 2 is 2.15 bits per heavy atom. The van der Waals surface area contributed by atoms with Gasteiger partial charge < -0.3 is 9.72 Å². The summed E-state index contributed by atoms with van der Waals surface area (Å²) in [7, 11) is 1.65. The van der Waals surface area contributed by atoms with Gasteiger partial charge in [0.25, 0.3) is 5.56 Å². The highest BCUT2D eigenvalue weighted by molar-refractivity contribution is 7.98. The second-order valence-electron chi connectivity index (χ2n) is 4.43. The molecule has 0 fully saturated rings. The van der Waals surface area contributed by atoms with Gasteiger partial charge in [0.05, 0.1) is 12.8 Å². The molecular weight excluding hydrogens is 292 g/mol. The van der Waals surface area contributed by atoms with Crippen LogP contribution in [0, 0.1) is 0 Å². The van der Waals surface area contributed by atoms with Crippen LogP contribution in [0.15, 0.2) is 34.2 Å². The van der Waals surface area contributed by atoms with E-state index in [0.29, 0.717) is 5.16 Å². The lowest BCUT2D eigenvalue weighted by Gasteiger charge is -2.04. The monoisotopic (exact) mass is 306 g/mol. The molecule has 0 unspecified atom stereocenters. The highest BCUT2D eigenvalue weighted by atomic mass is 32.2. The summed E-state index contributed by atoms with van der Waals surface area (Å²) in [5.41, 5.74) is 2.96. The number of benzene rings is 1. The topological polar surface area (TPSA) is 55.0 Å². The number of thioether (sulfide) groups is 2. The average Bonchev–Trinajstić information content (AvgIpc) is 2.94. The molecule has 0 aliphatic carbocycles. The lowest BCUT2D eigenvalue weighted by molar-refractivity contribution is 0.414. The van der Waals surface area contributed by atoms with E-state index in [4.69, 9.17) is 4.74 Å². The fraction of sp³-hybridized carbons (Fsp3) is 0.286. The molecule has 20 heavy (non-hydrogen) atoms. The van der Waals surface area contributed by atoms with Gasteiger partial charge in [0.1, 0.15) is 5.75 Å². The molecule has 0 saturated carbocycles. The summed E-state index contributed by atoms with van der Waals surface area (Å²) in [6, 6.07) is 7.91. The standard InChI is InChI=1S/C14H14N2O2S2/c1-18-10-4-2-9(3-5-10)6-20-14-15-12-8-19-7-11(12)13(17)16-14/h2-5H,6-8H2,1H3,(H,15,16,17). The molecule has 104 valence electrons. The van der Waals surface area contributed by atoms with Crippen molar-refractivity contribution in [1.82, 2.24) is 9.97 Å². The second-order valence-corrected chi connectivity index (χ2v) is 6.38. The van der Waals surface area contributed by atoms with Crippen molar-refractivity contribution >= 4 is 23.5 Å². The van der Waals surface area contributed by atoms with Crippen LogP contribution in [0.1, 0.15) is 16.8 Å². The lowest BCUT2D eigenvalue weighted by Crippen LogP contribution is -2.14. The van der Waals surface area contributed by atoms with E-state index in [-0.39, 0.29) is 5.56 Å². The molecule has 3 rings (SSSR count). The van der Waals surface area contributed by atoms with E-state index in [9.17, 15) is 4.79 Å². The minimum atomic E-state index is 0.0113. The number of ether oxygens (including phenoxy) is 1. The van der Waals surface area contributed by atoms with Crippen molar-refractivity contribution in [3.63, 3.8) is 0 Å². The molecule has 1 aromatic carbocycles. The third kappa shape index (κ3) is 2.86. The van der Waals surface area contributed by atoms with Gasteiger partial charge in [-0.3, -0.25) is 4.79 Å². The fourth-order valence-corrected chi connectivity index (χ4v) is 3.85.